The van der Waals surface area contributed by atoms with E-state index in [-0.39, 0.29) is 0 Å². The van der Waals surface area contributed by atoms with Crippen LogP contribution in [0.5, 0.6) is 0 Å². The molecule has 0 fully saturated rings. The molecule has 0 rings (SSSR count). The van der Waals surface area contributed by atoms with Crippen LogP contribution in [0.1, 0.15) is 34.1 Å². The molecule has 0 spiro atoms. The van der Waals surface area contributed by atoms with Gasteiger partial charge < -0.3 is 5.11 Å². The second-order valence-electron chi connectivity index (χ2n) is 2.43. The molecule has 0 radical (unpaired) electrons. The first-order chi connectivity index (χ1) is 4.63. The molecular formula is C9H16O. The molecule has 0 bridgehead atoms. The summed E-state index contributed by atoms with van der Waals surface area (Å²) in [5.41, 5.74) is 2.25. The summed E-state index contributed by atoms with van der Waals surface area (Å²) in [6.07, 6.45) is 2.72. The van der Waals surface area contributed by atoms with Crippen molar-refractivity contribution < 1.29 is 5.11 Å². The number of hydrogen-bond donors (Lipinski definition) is 1. The van der Waals surface area contributed by atoms with Crippen LogP contribution in [-0.4, -0.2) is 5.11 Å². The Hall–Kier alpha value is -0.720. The molecule has 0 heterocycles. The standard InChI is InChI=1S/C9H16O/c1-5-7(3)8(4)9(10)6-2/h6,10H,5H2,1-4H3/b8-7-,9-6+. The molecule has 0 saturated heterocycles. The van der Waals surface area contributed by atoms with Gasteiger partial charge in [-0.15, -0.1) is 0 Å². The minimum atomic E-state index is 0.402. The summed E-state index contributed by atoms with van der Waals surface area (Å²) in [5.74, 6) is 0.402. The molecule has 0 amide bonds. The van der Waals surface area contributed by atoms with Gasteiger partial charge in [0.15, 0.2) is 0 Å². The lowest BCUT2D eigenvalue weighted by Crippen LogP contribution is -1.86. The molecule has 58 valence electrons. The Bertz CT molecular complexity index is 164. The Balaban J connectivity index is 4.46. The highest BCUT2D eigenvalue weighted by molar-refractivity contribution is 5.26. The molecule has 1 nitrogen and oxygen atoms in total. The molecule has 0 saturated carbocycles. The maximum absolute atomic E-state index is 9.23. The van der Waals surface area contributed by atoms with Gasteiger partial charge in [0.05, 0.1) is 0 Å². The van der Waals surface area contributed by atoms with Gasteiger partial charge in [0.25, 0.3) is 0 Å². The number of rotatable bonds is 2. The van der Waals surface area contributed by atoms with Crippen molar-refractivity contribution in [2.75, 3.05) is 0 Å². The van der Waals surface area contributed by atoms with Crippen molar-refractivity contribution in [3.8, 4) is 0 Å². The molecule has 0 aromatic heterocycles. The molecule has 1 N–H and O–H groups in total. The third-order valence-corrected chi connectivity index (χ3v) is 1.83. The Morgan fingerprint density at radius 3 is 2.20 bits per heavy atom. The molecule has 0 aliphatic heterocycles. The highest BCUT2D eigenvalue weighted by Crippen LogP contribution is 2.13. The van der Waals surface area contributed by atoms with E-state index in [1.165, 1.54) is 5.57 Å². The van der Waals surface area contributed by atoms with Crippen LogP contribution in [0, 0.1) is 0 Å². The van der Waals surface area contributed by atoms with E-state index >= 15 is 0 Å². The highest BCUT2D eigenvalue weighted by Gasteiger charge is 1.97. The quantitative estimate of drug-likeness (QED) is 0.461. The number of aliphatic hydroxyl groups is 1. The zero-order chi connectivity index (χ0) is 8.15. The lowest BCUT2D eigenvalue weighted by atomic mass is 10.1. The minimum Gasteiger partial charge on any atom is -0.508 e. The summed E-state index contributed by atoms with van der Waals surface area (Å²) in [6.45, 7) is 7.90. The normalized spacial score (nSPS) is 15.0. The molecule has 0 atom stereocenters. The zero-order valence-electron chi connectivity index (χ0n) is 7.23. The van der Waals surface area contributed by atoms with E-state index < -0.39 is 0 Å². The summed E-state index contributed by atoms with van der Waals surface area (Å²) in [5, 5.41) is 9.23. The first-order valence-corrected chi connectivity index (χ1v) is 3.65. The van der Waals surface area contributed by atoms with Crippen molar-refractivity contribution in [2.45, 2.75) is 34.1 Å². The fraction of sp³-hybridized carbons (Fsp3) is 0.556. The Kier molecular flexibility index (Phi) is 3.85. The zero-order valence-corrected chi connectivity index (χ0v) is 7.23. The summed E-state index contributed by atoms with van der Waals surface area (Å²) in [7, 11) is 0. The van der Waals surface area contributed by atoms with Crippen LogP contribution < -0.4 is 0 Å². The van der Waals surface area contributed by atoms with Gasteiger partial charge in [0.2, 0.25) is 0 Å². The minimum absolute atomic E-state index is 0.402. The van der Waals surface area contributed by atoms with Gasteiger partial charge in [-0.2, -0.15) is 0 Å². The van der Waals surface area contributed by atoms with E-state index in [9.17, 15) is 5.11 Å². The Morgan fingerprint density at radius 1 is 1.40 bits per heavy atom. The molecule has 0 aromatic rings. The van der Waals surface area contributed by atoms with Gasteiger partial charge >= 0.3 is 0 Å². The predicted octanol–water partition coefficient (Wildman–Crippen LogP) is 3.19. The second kappa shape index (κ2) is 4.15. The average Bonchev–Trinajstić information content (AvgIpc) is 2.00. The van der Waals surface area contributed by atoms with E-state index in [4.69, 9.17) is 0 Å². The molecule has 0 unspecified atom stereocenters. The Morgan fingerprint density at radius 2 is 1.90 bits per heavy atom. The van der Waals surface area contributed by atoms with Crippen molar-refractivity contribution >= 4 is 0 Å². The van der Waals surface area contributed by atoms with Gasteiger partial charge in [-0.25, -0.2) is 0 Å². The van der Waals surface area contributed by atoms with E-state index in [1.807, 2.05) is 20.8 Å². The lowest BCUT2D eigenvalue weighted by molar-refractivity contribution is 0.421. The van der Waals surface area contributed by atoms with Crippen LogP contribution >= 0.6 is 0 Å². The van der Waals surface area contributed by atoms with Crippen LogP contribution in [0.3, 0.4) is 0 Å². The third kappa shape index (κ3) is 2.26. The maximum atomic E-state index is 9.23. The second-order valence-corrected chi connectivity index (χ2v) is 2.43. The van der Waals surface area contributed by atoms with Gasteiger partial charge in [0.1, 0.15) is 5.76 Å². The maximum Gasteiger partial charge on any atom is 0.114 e. The van der Waals surface area contributed by atoms with Crippen LogP contribution in [0.2, 0.25) is 0 Å². The van der Waals surface area contributed by atoms with E-state index in [0.717, 1.165) is 12.0 Å². The monoisotopic (exact) mass is 140 g/mol. The van der Waals surface area contributed by atoms with E-state index in [1.54, 1.807) is 6.08 Å². The predicted molar refractivity (Wildman–Crippen MR) is 45.1 cm³/mol. The third-order valence-electron chi connectivity index (χ3n) is 1.83. The fourth-order valence-electron chi connectivity index (χ4n) is 0.700. The van der Waals surface area contributed by atoms with Gasteiger partial charge in [0, 0.05) is 0 Å². The summed E-state index contributed by atoms with van der Waals surface area (Å²) in [4.78, 5) is 0. The lowest BCUT2D eigenvalue weighted by Gasteiger charge is -2.03. The summed E-state index contributed by atoms with van der Waals surface area (Å²) < 4.78 is 0. The first-order valence-electron chi connectivity index (χ1n) is 3.65. The largest absolute Gasteiger partial charge is 0.508 e. The van der Waals surface area contributed by atoms with Crippen LogP contribution in [0.25, 0.3) is 0 Å². The summed E-state index contributed by atoms with van der Waals surface area (Å²) >= 11 is 0. The van der Waals surface area contributed by atoms with Crippen molar-refractivity contribution in [1.82, 2.24) is 0 Å². The molecule has 10 heavy (non-hydrogen) atoms. The van der Waals surface area contributed by atoms with E-state index in [0.29, 0.717) is 5.76 Å². The van der Waals surface area contributed by atoms with Crippen LogP contribution in [-0.2, 0) is 0 Å². The highest BCUT2D eigenvalue weighted by atomic mass is 16.3. The average molecular weight is 140 g/mol. The van der Waals surface area contributed by atoms with Crippen molar-refractivity contribution in [3.05, 3.63) is 23.0 Å². The van der Waals surface area contributed by atoms with E-state index in [2.05, 4.69) is 6.92 Å². The van der Waals surface area contributed by atoms with Gasteiger partial charge in [-0.1, -0.05) is 12.5 Å². The van der Waals surface area contributed by atoms with Crippen molar-refractivity contribution in [3.63, 3.8) is 0 Å². The van der Waals surface area contributed by atoms with Gasteiger partial charge in [-0.05, 0) is 38.8 Å². The molecule has 1 heteroatoms. The molecular weight excluding hydrogens is 124 g/mol. The number of hydrogen-bond acceptors (Lipinski definition) is 1. The van der Waals surface area contributed by atoms with Crippen molar-refractivity contribution in [2.24, 2.45) is 0 Å². The van der Waals surface area contributed by atoms with Gasteiger partial charge in [-0.3, -0.25) is 0 Å². The molecule has 0 aromatic carbocycles. The SMILES string of the molecule is C/C=C(O)\C(C)=C(\C)CC. The molecule has 0 aliphatic carbocycles. The van der Waals surface area contributed by atoms with Crippen LogP contribution in [0.15, 0.2) is 23.0 Å². The topological polar surface area (TPSA) is 20.2 Å². The van der Waals surface area contributed by atoms with Crippen LogP contribution in [0.4, 0.5) is 0 Å². The Labute approximate surface area is 63.1 Å². The smallest absolute Gasteiger partial charge is 0.114 e. The number of aliphatic hydroxyl groups excluding tert-OH is 1. The fourth-order valence-corrected chi connectivity index (χ4v) is 0.700. The number of allylic oxidation sites excluding steroid dienone is 3. The summed E-state index contributed by atoms with van der Waals surface area (Å²) in [6, 6.07) is 0. The first kappa shape index (κ1) is 9.28. The molecule has 0 aliphatic rings. The van der Waals surface area contributed by atoms with Crippen molar-refractivity contribution in [1.29, 1.82) is 0 Å².